The van der Waals surface area contributed by atoms with E-state index in [1.807, 2.05) is 32.9 Å². The van der Waals surface area contributed by atoms with Crippen LogP contribution >= 0.6 is 23.2 Å². The van der Waals surface area contributed by atoms with Crippen LogP contribution in [0.2, 0.25) is 10.0 Å². The lowest BCUT2D eigenvalue weighted by Gasteiger charge is -2.25. The molecule has 3 rings (SSSR count). The zero-order valence-corrected chi connectivity index (χ0v) is 21.3. The van der Waals surface area contributed by atoms with Crippen LogP contribution in [0.4, 0.5) is 22.0 Å². The highest BCUT2D eigenvalue weighted by atomic mass is 35.5. The molecule has 0 saturated heterocycles. The highest BCUT2D eigenvalue weighted by Crippen LogP contribution is 2.34. The Morgan fingerprint density at radius 3 is 2.06 bits per heavy atom. The summed E-state index contributed by atoms with van der Waals surface area (Å²) >= 11 is 11.6. The van der Waals surface area contributed by atoms with Gasteiger partial charge in [0.1, 0.15) is 5.82 Å². The highest BCUT2D eigenvalue weighted by molar-refractivity contribution is 6.31. The molecule has 0 bridgehead atoms. The van der Waals surface area contributed by atoms with E-state index >= 15 is 0 Å². The molecule has 36 heavy (non-hydrogen) atoms. The van der Waals surface area contributed by atoms with E-state index in [0.29, 0.717) is 23.3 Å². The summed E-state index contributed by atoms with van der Waals surface area (Å²) in [4.78, 5) is 14.6. The first-order valence-corrected chi connectivity index (χ1v) is 11.8. The summed E-state index contributed by atoms with van der Waals surface area (Å²) in [5, 5.41) is -0.643. The molecule has 0 unspecified atom stereocenters. The van der Waals surface area contributed by atoms with Gasteiger partial charge in [-0.2, -0.15) is 13.2 Å². The lowest BCUT2D eigenvalue weighted by molar-refractivity contribution is -0.137. The second kappa shape index (κ2) is 10.8. The fraction of sp³-hybridized carbons (Fsp3) is 0.296. The van der Waals surface area contributed by atoms with Crippen LogP contribution < -0.4 is 0 Å². The minimum absolute atomic E-state index is 0.0143. The summed E-state index contributed by atoms with van der Waals surface area (Å²) in [5.74, 6) is -2.77. The minimum atomic E-state index is -4.82. The van der Waals surface area contributed by atoms with Crippen molar-refractivity contribution in [3.05, 3.63) is 104 Å². The average molecular weight is 544 g/mol. The zero-order chi connectivity index (χ0) is 26.8. The quantitative estimate of drug-likeness (QED) is 0.285. The van der Waals surface area contributed by atoms with Gasteiger partial charge in [0, 0.05) is 18.1 Å². The minimum Gasteiger partial charge on any atom is -0.334 e. The molecule has 0 radical (unpaired) electrons. The standard InChI is InChI=1S/C27H24Cl2F5NO/c1-26(2,3)18-6-4-16(5-7-18)15-35(9-8-17-10-20(28)14-21(30)11-17)25(36)22-12-19(27(32,33)34)13-23(29)24(22)31/h4-7,10-14H,8-9,15H2,1-3H3. The summed E-state index contributed by atoms with van der Waals surface area (Å²) < 4.78 is 68.5. The lowest BCUT2D eigenvalue weighted by Crippen LogP contribution is -2.33. The number of carbonyl (C=O) groups is 1. The Balaban J connectivity index is 1.97. The van der Waals surface area contributed by atoms with E-state index in [0.717, 1.165) is 11.6 Å². The topological polar surface area (TPSA) is 20.3 Å². The fourth-order valence-electron chi connectivity index (χ4n) is 3.68. The van der Waals surface area contributed by atoms with E-state index in [1.165, 1.54) is 17.0 Å². The summed E-state index contributed by atoms with van der Waals surface area (Å²) in [6.07, 6.45) is -4.68. The molecule has 192 valence electrons. The normalized spacial score (nSPS) is 12.1. The zero-order valence-electron chi connectivity index (χ0n) is 19.8. The van der Waals surface area contributed by atoms with Gasteiger partial charge in [-0.05, 0) is 58.9 Å². The highest BCUT2D eigenvalue weighted by Gasteiger charge is 2.34. The van der Waals surface area contributed by atoms with Crippen LogP contribution in [0.3, 0.4) is 0 Å². The van der Waals surface area contributed by atoms with Crippen molar-refractivity contribution in [3.63, 3.8) is 0 Å². The van der Waals surface area contributed by atoms with E-state index in [4.69, 9.17) is 23.2 Å². The Kier molecular flexibility index (Phi) is 8.36. The van der Waals surface area contributed by atoms with Crippen molar-refractivity contribution in [2.45, 2.75) is 45.3 Å². The van der Waals surface area contributed by atoms with E-state index < -0.39 is 39.9 Å². The Hall–Kier alpha value is -2.64. The summed E-state index contributed by atoms with van der Waals surface area (Å²) in [6, 6.07) is 12.2. The third-order valence-electron chi connectivity index (χ3n) is 5.66. The summed E-state index contributed by atoms with van der Waals surface area (Å²) in [6.45, 7) is 6.08. The molecule has 0 aliphatic heterocycles. The van der Waals surface area contributed by atoms with Gasteiger partial charge in [-0.15, -0.1) is 0 Å². The maximum Gasteiger partial charge on any atom is 0.416 e. The number of hydrogen-bond acceptors (Lipinski definition) is 1. The number of rotatable bonds is 6. The SMILES string of the molecule is CC(C)(C)c1ccc(CN(CCc2cc(F)cc(Cl)c2)C(=O)c2cc(C(F)(F)F)cc(Cl)c2F)cc1. The molecule has 0 spiro atoms. The van der Waals surface area contributed by atoms with Crippen molar-refractivity contribution >= 4 is 29.1 Å². The lowest BCUT2D eigenvalue weighted by atomic mass is 9.87. The summed E-state index contributed by atoms with van der Waals surface area (Å²) in [7, 11) is 0. The third kappa shape index (κ3) is 6.98. The first kappa shape index (κ1) is 27.9. The smallest absolute Gasteiger partial charge is 0.334 e. The molecule has 0 fully saturated rings. The van der Waals surface area contributed by atoms with Gasteiger partial charge in [0.05, 0.1) is 16.1 Å². The van der Waals surface area contributed by atoms with Crippen LogP contribution in [-0.4, -0.2) is 17.4 Å². The summed E-state index contributed by atoms with van der Waals surface area (Å²) in [5.41, 5.74) is 0.0783. The molecule has 0 atom stereocenters. The number of hydrogen-bond donors (Lipinski definition) is 0. The van der Waals surface area contributed by atoms with Crippen LogP contribution in [0.15, 0.2) is 54.6 Å². The van der Waals surface area contributed by atoms with Gasteiger partial charge in [-0.1, -0.05) is 68.2 Å². The number of carbonyl (C=O) groups excluding carboxylic acids is 1. The molecule has 0 heterocycles. The van der Waals surface area contributed by atoms with Gasteiger partial charge in [0.2, 0.25) is 0 Å². The predicted octanol–water partition coefficient (Wildman–Crippen LogP) is 8.47. The molecule has 3 aromatic carbocycles. The second-order valence-electron chi connectivity index (χ2n) is 9.52. The van der Waals surface area contributed by atoms with Crippen LogP contribution in [0.5, 0.6) is 0 Å². The van der Waals surface area contributed by atoms with Crippen molar-refractivity contribution in [1.82, 2.24) is 4.90 Å². The average Bonchev–Trinajstić information content (AvgIpc) is 2.76. The number of benzene rings is 3. The van der Waals surface area contributed by atoms with Gasteiger partial charge in [-0.3, -0.25) is 4.79 Å². The Morgan fingerprint density at radius 1 is 0.861 bits per heavy atom. The Bertz CT molecular complexity index is 1230. The second-order valence-corrected chi connectivity index (χ2v) is 10.4. The van der Waals surface area contributed by atoms with Crippen LogP contribution in [0, 0.1) is 11.6 Å². The molecule has 0 aliphatic carbocycles. The molecule has 9 heteroatoms. The van der Waals surface area contributed by atoms with Gasteiger partial charge in [-0.25, -0.2) is 8.78 Å². The van der Waals surface area contributed by atoms with E-state index in [-0.39, 0.29) is 29.9 Å². The Morgan fingerprint density at radius 2 is 1.50 bits per heavy atom. The molecular formula is C27H24Cl2F5NO. The maximum absolute atomic E-state index is 14.8. The van der Waals surface area contributed by atoms with Gasteiger partial charge < -0.3 is 4.90 Å². The number of nitrogens with zero attached hydrogens (tertiary/aromatic N) is 1. The van der Waals surface area contributed by atoms with Crippen molar-refractivity contribution in [2.24, 2.45) is 0 Å². The Labute approximate surface area is 216 Å². The monoisotopic (exact) mass is 543 g/mol. The predicted molar refractivity (Wildman–Crippen MR) is 131 cm³/mol. The van der Waals surface area contributed by atoms with Gasteiger partial charge in [0.25, 0.3) is 5.91 Å². The van der Waals surface area contributed by atoms with Gasteiger partial charge >= 0.3 is 6.18 Å². The molecule has 0 aromatic heterocycles. The number of alkyl halides is 3. The first-order valence-electron chi connectivity index (χ1n) is 11.0. The molecule has 3 aromatic rings. The van der Waals surface area contributed by atoms with Crippen LogP contribution in [-0.2, 0) is 24.6 Å². The van der Waals surface area contributed by atoms with E-state index in [2.05, 4.69) is 0 Å². The molecular weight excluding hydrogens is 520 g/mol. The maximum atomic E-state index is 14.8. The van der Waals surface area contributed by atoms with Crippen molar-refractivity contribution in [2.75, 3.05) is 6.54 Å². The van der Waals surface area contributed by atoms with Crippen molar-refractivity contribution in [3.8, 4) is 0 Å². The van der Waals surface area contributed by atoms with E-state index in [1.54, 1.807) is 12.1 Å². The van der Waals surface area contributed by atoms with Crippen LogP contribution in [0.25, 0.3) is 0 Å². The molecule has 0 N–H and O–H groups in total. The van der Waals surface area contributed by atoms with Crippen molar-refractivity contribution in [1.29, 1.82) is 0 Å². The van der Waals surface area contributed by atoms with Crippen molar-refractivity contribution < 1.29 is 26.7 Å². The number of halogens is 7. The molecule has 1 amide bonds. The molecule has 0 aliphatic rings. The number of amides is 1. The van der Waals surface area contributed by atoms with Gasteiger partial charge in [0.15, 0.2) is 5.82 Å². The largest absolute Gasteiger partial charge is 0.416 e. The van der Waals surface area contributed by atoms with Crippen LogP contribution in [0.1, 0.15) is 53.4 Å². The molecule has 2 nitrogen and oxygen atoms in total. The third-order valence-corrected chi connectivity index (χ3v) is 6.15. The van der Waals surface area contributed by atoms with E-state index in [9.17, 15) is 26.7 Å². The first-order chi connectivity index (χ1) is 16.6. The molecule has 0 saturated carbocycles. The fourth-order valence-corrected chi connectivity index (χ4v) is 4.14.